The number of anilines is 2. The summed E-state index contributed by atoms with van der Waals surface area (Å²) in [5.74, 6) is -0.475. The zero-order chi connectivity index (χ0) is 18.3. The summed E-state index contributed by atoms with van der Waals surface area (Å²) in [7, 11) is 0. The van der Waals surface area contributed by atoms with Crippen molar-refractivity contribution in [3.63, 3.8) is 0 Å². The number of amides is 1. The molecule has 3 atom stereocenters. The Morgan fingerprint density at radius 2 is 2.12 bits per heavy atom. The van der Waals surface area contributed by atoms with E-state index in [1.807, 2.05) is 31.2 Å². The number of fused-ring (bicyclic) bond motifs is 1. The van der Waals surface area contributed by atoms with Crippen LogP contribution in [0.15, 0.2) is 36.4 Å². The van der Waals surface area contributed by atoms with Gasteiger partial charge < -0.3 is 16.4 Å². The monoisotopic (exact) mass is 356 g/mol. The van der Waals surface area contributed by atoms with E-state index in [0.717, 1.165) is 16.8 Å². The maximum absolute atomic E-state index is 14.0. The normalized spacial score (nSPS) is 24.2. The molecule has 2 aromatic carbocycles. The number of hydrogen-bond acceptors (Lipinski definition) is 6. The number of halogens is 1. The Kier molecular flexibility index (Phi) is 4.33. The number of rotatable bonds is 3. The summed E-state index contributed by atoms with van der Waals surface area (Å²) in [5, 5.41) is 9.16. The summed E-state index contributed by atoms with van der Waals surface area (Å²) >= 11 is 0. The van der Waals surface area contributed by atoms with Crippen LogP contribution in [0.1, 0.15) is 22.9 Å². The van der Waals surface area contributed by atoms with Gasteiger partial charge in [-0.25, -0.2) is 15.2 Å². The lowest BCUT2D eigenvalue weighted by molar-refractivity contribution is -0.116. The minimum atomic E-state index is -0.498. The van der Waals surface area contributed by atoms with Crippen molar-refractivity contribution in [3.8, 4) is 0 Å². The third-order valence-corrected chi connectivity index (χ3v) is 4.72. The minimum Gasteiger partial charge on any atom is -0.373 e. The van der Waals surface area contributed by atoms with Crippen molar-refractivity contribution in [1.29, 1.82) is 0 Å². The zero-order valence-corrected chi connectivity index (χ0v) is 14.3. The molecule has 8 heteroatoms. The van der Waals surface area contributed by atoms with Gasteiger partial charge in [0.15, 0.2) is 0 Å². The van der Waals surface area contributed by atoms with Gasteiger partial charge in [0.2, 0.25) is 5.91 Å². The molecule has 2 aliphatic heterocycles. The fourth-order valence-electron chi connectivity index (χ4n) is 3.37. The van der Waals surface area contributed by atoms with Gasteiger partial charge in [0, 0.05) is 23.4 Å². The Labute approximate surface area is 150 Å². The number of carbonyl (C=O) groups excluding carboxylic acids is 1. The average molecular weight is 356 g/mol. The van der Waals surface area contributed by atoms with Gasteiger partial charge in [0.05, 0.1) is 6.17 Å². The third-order valence-electron chi connectivity index (χ3n) is 4.72. The van der Waals surface area contributed by atoms with E-state index in [-0.39, 0.29) is 24.2 Å². The highest BCUT2D eigenvalue weighted by molar-refractivity contribution is 5.98. The van der Waals surface area contributed by atoms with E-state index >= 15 is 0 Å². The topological polar surface area (TPSA) is 103 Å². The maximum atomic E-state index is 14.0. The van der Waals surface area contributed by atoms with Gasteiger partial charge in [0.25, 0.3) is 0 Å². The molecule has 7 nitrogen and oxygen atoms in total. The summed E-state index contributed by atoms with van der Waals surface area (Å²) in [6.07, 6.45) is -0.149. The molecule has 1 amide bonds. The van der Waals surface area contributed by atoms with Crippen molar-refractivity contribution < 1.29 is 9.18 Å². The predicted octanol–water partition coefficient (Wildman–Crippen LogP) is 1.05. The molecule has 0 saturated carbocycles. The number of hydrogen-bond donors (Lipinski definition) is 6. The highest BCUT2D eigenvalue weighted by Gasteiger charge is 2.30. The summed E-state index contributed by atoms with van der Waals surface area (Å²) < 4.78 is 14.0. The average Bonchev–Trinajstić information content (AvgIpc) is 3.26. The van der Waals surface area contributed by atoms with Crippen molar-refractivity contribution >= 4 is 17.3 Å². The quantitative estimate of drug-likeness (QED) is 0.491. The Morgan fingerprint density at radius 1 is 1.27 bits per heavy atom. The van der Waals surface area contributed by atoms with Crippen LogP contribution >= 0.6 is 0 Å². The molecule has 0 aliphatic carbocycles. The second kappa shape index (κ2) is 6.65. The predicted molar refractivity (Wildman–Crippen MR) is 97.4 cm³/mol. The van der Waals surface area contributed by atoms with Crippen LogP contribution in [0.25, 0.3) is 0 Å². The zero-order valence-electron chi connectivity index (χ0n) is 14.3. The smallest absolute Gasteiger partial charge is 0.247 e. The molecule has 2 aromatic rings. The van der Waals surface area contributed by atoms with Gasteiger partial charge in [-0.1, -0.05) is 18.2 Å². The van der Waals surface area contributed by atoms with Gasteiger partial charge in [0.1, 0.15) is 18.1 Å². The summed E-state index contributed by atoms with van der Waals surface area (Å²) in [6, 6.07) is 10.1. The van der Waals surface area contributed by atoms with Crippen LogP contribution in [0.5, 0.6) is 0 Å². The van der Waals surface area contributed by atoms with Gasteiger partial charge in [-0.05, 0) is 36.2 Å². The van der Waals surface area contributed by atoms with Crippen LogP contribution in [-0.4, -0.2) is 18.2 Å². The van der Waals surface area contributed by atoms with Gasteiger partial charge in [-0.2, -0.15) is 0 Å². The first kappa shape index (κ1) is 16.9. The van der Waals surface area contributed by atoms with E-state index in [0.29, 0.717) is 17.7 Å². The van der Waals surface area contributed by atoms with Crippen molar-refractivity contribution in [2.45, 2.75) is 31.8 Å². The Bertz CT molecular complexity index is 827. The Hall–Kier alpha value is -2.52. The molecule has 1 fully saturated rings. The first-order valence-electron chi connectivity index (χ1n) is 8.49. The number of carbonyl (C=O) groups is 1. The summed E-state index contributed by atoms with van der Waals surface area (Å²) in [5.41, 5.74) is 15.5. The van der Waals surface area contributed by atoms with Crippen LogP contribution in [0.3, 0.4) is 0 Å². The number of hydrazine groups is 1. The molecule has 7 N–H and O–H groups in total. The minimum absolute atomic E-state index is 0.146. The first-order chi connectivity index (χ1) is 12.5. The van der Waals surface area contributed by atoms with Gasteiger partial charge in [-0.3, -0.25) is 10.1 Å². The van der Waals surface area contributed by atoms with Crippen LogP contribution in [-0.2, 0) is 11.2 Å². The second-order valence-corrected chi connectivity index (χ2v) is 6.60. The molecule has 4 rings (SSSR count). The Morgan fingerprint density at radius 3 is 2.85 bits per heavy atom. The lowest BCUT2D eigenvalue weighted by Gasteiger charge is -2.15. The van der Waals surface area contributed by atoms with E-state index in [4.69, 9.17) is 5.73 Å². The molecule has 2 heterocycles. The SMILES string of the molecule is Cc1ccc(F)c2c1NC(C(=O)Nc1cccc(C3NNC(N)N3)c1)C2. The van der Waals surface area contributed by atoms with Crippen LogP contribution in [0, 0.1) is 12.7 Å². The van der Waals surface area contributed by atoms with E-state index in [1.54, 1.807) is 6.07 Å². The highest BCUT2D eigenvalue weighted by atomic mass is 19.1. The Balaban J connectivity index is 1.46. The largest absolute Gasteiger partial charge is 0.373 e. The van der Waals surface area contributed by atoms with Crippen molar-refractivity contribution in [1.82, 2.24) is 16.2 Å². The lowest BCUT2D eigenvalue weighted by atomic mass is 10.1. The standard InChI is InChI=1S/C18H21FN6O/c1-9-5-6-13(19)12-8-14(22-15(9)12)17(26)21-11-4-2-3-10(7-11)16-23-18(20)25-24-16/h2-7,14,16,18,22-25H,8,20H2,1H3,(H,21,26). The number of aryl methyl sites for hydroxylation is 1. The van der Waals surface area contributed by atoms with E-state index < -0.39 is 6.04 Å². The van der Waals surface area contributed by atoms with E-state index in [2.05, 4.69) is 26.8 Å². The summed E-state index contributed by atoms with van der Waals surface area (Å²) in [6.45, 7) is 1.90. The molecule has 3 unspecified atom stereocenters. The van der Waals surface area contributed by atoms with E-state index in [1.165, 1.54) is 6.07 Å². The molecule has 2 aliphatic rings. The molecule has 0 aromatic heterocycles. The molecule has 26 heavy (non-hydrogen) atoms. The lowest BCUT2D eigenvalue weighted by Crippen LogP contribution is -2.41. The van der Waals surface area contributed by atoms with Gasteiger partial charge >= 0.3 is 0 Å². The molecular formula is C18H21FN6O. The van der Waals surface area contributed by atoms with Crippen LogP contribution < -0.4 is 32.5 Å². The number of nitrogens with one attached hydrogen (secondary N) is 5. The fourth-order valence-corrected chi connectivity index (χ4v) is 3.37. The second-order valence-electron chi connectivity index (χ2n) is 6.60. The van der Waals surface area contributed by atoms with E-state index in [9.17, 15) is 9.18 Å². The third kappa shape index (κ3) is 3.15. The first-order valence-corrected chi connectivity index (χ1v) is 8.49. The number of benzene rings is 2. The molecule has 0 radical (unpaired) electrons. The molecule has 0 spiro atoms. The molecule has 1 saturated heterocycles. The molecule has 0 bridgehead atoms. The van der Waals surface area contributed by atoms with Crippen molar-refractivity contribution in [2.24, 2.45) is 5.73 Å². The van der Waals surface area contributed by atoms with Gasteiger partial charge in [-0.15, -0.1) is 0 Å². The molecular weight excluding hydrogens is 335 g/mol. The highest BCUT2D eigenvalue weighted by Crippen LogP contribution is 2.32. The van der Waals surface area contributed by atoms with Crippen LogP contribution in [0.2, 0.25) is 0 Å². The fraction of sp³-hybridized carbons (Fsp3) is 0.278. The maximum Gasteiger partial charge on any atom is 0.247 e. The van der Waals surface area contributed by atoms with Crippen molar-refractivity contribution in [2.75, 3.05) is 10.6 Å². The summed E-state index contributed by atoms with van der Waals surface area (Å²) in [4.78, 5) is 12.6. The van der Waals surface area contributed by atoms with Crippen molar-refractivity contribution in [3.05, 3.63) is 58.9 Å². The number of nitrogens with two attached hydrogens (primary N) is 1. The van der Waals surface area contributed by atoms with Crippen LogP contribution in [0.4, 0.5) is 15.8 Å². The molecule has 136 valence electrons.